The number of phenols is 1. The molecule has 0 radical (unpaired) electrons. The number of rotatable bonds is 12. The Kier molecular flexibility index (Phi) is 8.96. The molecule has 0 aliphatic carbocycles. The van der Waals surface area contributed by atoms with E-state index in [9.17, 15) is 5.11 Å². The Bertz CT molecular complexity index is 591. The number of benzene rings is 2. The van der Waals surface area contributed by atoms with Crippen LogP contribution in [0.5, 0.6) is 5.75 Å². The molecule has 25 heavy (non-hydrogen) atoms. The molecular weight excluding hydrogens is 306 g/mol. The molecule has 0 saturated carbocycles. The summed E-state index contributed by atoms with van der Waals surface area (Å²) in [7, 11) is 0. The van der Waals surface area contributed by atoms with Crippen LogP contribution in [0.1, 0.15) is 70.3 Å². The van der Waals surface area contributed by atoms with Gasteiger partial charge in [-0.25, -0.2) is 0 Å². The minimum absolute atomic E-state index is 0.300. The van der Waals surface area contributed by atoms with Crippen LogP contribution in [-0.2, 0) is 6.42 Å². The van der Waals surface area contributed by atoms with Crippen molar-refractivity contribution >= 4 is 11.4 Å². The van der Waals surface area contributed by atoms with E-state index in [1.807, 2.05) is 12.1 Å². The van der Waals surface area contributed by atoms with Crippen molar-refractivity contribution in [3.05, 3.63) is 54.1 Å². The summed E-state index contributed by atoms with van der Waals surface area (Å²) in [6.07, 6.45) is 13.4. The number of hydrogen-bond donors (Lipinski definition) is 2. The maximum Gasteiger partial charge on any atom is 0.115 e. The fourth-order valence-corrected chi connectivity index (χ4v) is 3.19. The van der Waals surface area contributed by atoms with E-state index in [1.165, 1.54) is 69.0 Å². The Morgan fingerprint density at radius 1 is 0.720 bits per heavy atom. The maximum absolute atomic E-state index is 9.40. The van der Waals surface area contributed by atoms with E-state index < -0.39 is 0 Å². The summed E-state index contributed by atoms with van der Waals surface area (Å²) >= 11 is 0. The fraction of sp³-hybridized carbons (Fsp3) is 0.478. The lowest BCUT2D eigenvalue weighted by atomic mass is 10.0. The van der Waals surface area contributed by atoms with Gasteiger partial charge in [-0.2, -0.15) is 0 Å². The van der Waals surface area contributed by atoms with Gasteiger partial charge in [-0.15, -0.1) is 0 Å². The van der Waals surface area contributed by atoms with Gasteiger partial charge in [-0.3, -0.25) is 0 Å². The third-order valence-corrected chi connectivity index (χ3v) is 4.71. The van der Waals surface area contributed by atoms with E-state index in [4.69, 9.17) is 0 Å². The second-order valence-electron chi connectivity index (χ2n) is 6.91. The van der Waals surface area contributed by atoms with Crippen LogP contribution in [0, 0.1) is 0 Å². The van der Waals surface area contributed by atoms with Crippen molar-refractivity contribution in [2.24, 2.45) is 0 Å². The number of anilines is 2. The lowest BCUT2D eigenvalue weighted by Gasteiger charge is -2.12. The summed E-state index contributed by atoms with van der Waals surface area (Å²) in [5.74, 6) is 0.300. The minimum Gasteiger partial charge on any atom is -0.508 e. The molecule has 0 aliphatic heterocycles. The van der Waals surface area contributed by atoms with Crippen LogP contribution in [0.25, 0.3) is 0 Å². The molecule has 0 saturated heterocycles. The van der Waals surface area contributed by atoms with Crippen molar-refractivity contribution < 1.29 is 5.11 Å². The van der Waals surface area contributed by atoms with E-state index in [-0.39, 0.29) is 0 Å². The molecule has 2 aromatic carbocycles. The first-order chi connectivity index (χ1) is 12.3. The van der Waals surface area contributed by atoms with E-state index in [1.54, 1.807) is 12.1 Å². The summed E-state index contributed by atoms with van der Waals surface area (Å²) in [6.45, 7) is 2.27. The SMILES string of the molecule is CCCCCCCCCCCc1ccccc1Nc1ccc(O)cc1. The van der Waals surface area contributed by atoms with Gasteiger partial charge in [-0.1, -0.05) is 76.5 Å². The van der Waals surface area contributed by atoms with E-state index in [2.05, 4.69) is 36.5 Å². The highest BCUT2D eigenvalue weighted by Crippen LogP contribution is 2.24. The van der Waals surface area contributed by atoms with Gasteiger partial charge in [0.2, 0.25) is 0 Å². The molecule has 0 spiro atoms. The minimum atomic E-state index is 0.300. The Labute approximate surface area is 153 Å². The van der Waals surface area contributed by atoms with Crippen molar-refractivity contribution in [2.75, 3.05) is 5.32 Å². The number of aryl methyl sites for hydroxylation is 1. The highest BCUT2D eigenvalue weighted by Gasteiger charge is 2.03. The van der Waals surface area contributed by atoms with Crippen LogP contribution in [0.15, 0.2) is 48.5 Å². The predicted octanol–water partition coefficient (Wildman–Crippen LogP) is 7.21. The summed E-state index contributed by atoms with van der Waals surface area (Å²) in [5, 5.41) is 12.9. The molecule has 0 fully saturated rings. The van der Waals surface area contributed by atoms with Gasteiger partial charge in [-0.05, 0) is 48.7 Å². The van der Waals surface area contributed by atoms with Gasteiger partial charge in [0.1, 0.15) is 5.75 Å². The van der Waals surface area contributed by atoms with Crippen LogP contribution in [0.4, 0.5) is 11.4 Å². The molecule has 2 rings (SSSR count). The molecule has 2 nitrogen and oxygen atoms in total. The van der Waals surface area contributed by atoms with Crippen molar-refractivity contribution in [1.82, 2.24) is 0 Å². The smallest absolute Gasteiger partial charge is 0.115 e. The van der Waals surface area contributed by atoms with Gasteiger partial charge in [0.15, 0.2) is 0 Å². The number of phenolic OH excluding ortho intramolecular Hbond substituents is 1. The normalized spacial score (nSPS) is 10.8. The largest absolute Gasteiger partial charge is 0.508 e. The third-order valence-electron chi connectivity index (χ3n) is 4.71. The molecule has 2 heteroatoms. The first-order valence-electron chi connectivity index (χ1n) is 9.93. The second-order valence-corrected chi connectivity index (χ2v) is 6.91. The molecule has 0 unspecified atom stereocenters. The van der Waals surface area contributed by atoms with Crippen molar-refractivity contribution in [1.29, 1.82) is 0 Å². The summed E-state index contributed by atoms with van der Waals surface area (Å²) in [5.41, 5.74) is 3.56. The number of nitrogens with one attached hydrogen (secondary N) is 1. The molecule has 2 aromatic rings. The average Bonchev–Trinajstić information content (AvgIpc) is 2.63. The van der Waals surface area contributed by atoms with Crippen LogP contribution in [-0.4, -0.2) is 5.11 Å². The zero-order valence-corrected chi connectivity index (χ0v) is 15.6. The monoisotopic (exact) mass is 339 g/mol. The molecule has 0 amide bonds. The third kappa shape index (κ3) is 7.64. The van der Waals surface area contributed by atoms with E-state index >= 15 is 0 Å². The van der Waals surface area contributed by atoms with Gasteiger partial charge in [0.25, 0.3) is 0 Å². The lowest BCUT2D eigenvalue weighted by Crippen LogP contribution is -1.96. The summed E-state index contributed by atoms with van der Waals surface area (Å²) < 4.78 is 0. The Balaban J connectivity index is 1.70. The molecule has 2 N–H and O–H groups in total. The number of unbranched alkanes of at least 4 members (excludes halogenated alkanes) is 8. The van der Waals surface area contributed by atoms with E-state index in [0.717, 1.165) is 12.1 Å². The van der Waals surface area contributed by atoms with Crippen LogP contribution >= 0.6 is 0 Å². The van der Waals surface area contributed by atoms with Crippen LogP contribution < -0.4 is 5.32 Å². The Hall–Kier alpha value is -1.96. The predicted molar refractivity (Wildman–Crippen MR) is 109 cm³/mol. The zero-order chi connectivity index (χ0) is 17.7. The van der Waals surface area contributed by atoms with Crippen molar-refractivity contribution in [2.45, 2.75) is 71.1 Å². The van der Waals surface area contributed by atoms with Crippen molar-refractivity contribution in [3.8, 4) is 5.75 Å². The molecule has 0 aliphatic rings. The topological polar surface area (TPSA) is 32.3 Å². The summed E-state index contributed by atoms with van der Waals surface area (Å²) in [6, 6.07) is 15.8. The second kappa shape index (κ2) is 11.6. The summed E-state index contributed by atoms with van der Waals surface area (Å²) in [4.78, 5) is 0. The highest BCUT2D eigenvalue weighted by atomic mass is 16.3. The van der Waals surface area contributed by atoms with Crippen LogP contribution in [0.2, 0.25) is 0 Å². The molecule has 0 heterocycles. The van der Waals surface area contributed by atoms with Crippen molar-refractivity contribution in [3.63, 3.8) is 0 Å². The standard InChI is InChI=1S/C23H33NO/c1-2-3-4-5-6-7-8-9-10-13-20-14-11-12-15-23(20)24-21-16-18-22(25)19-17-21/h11-12,14-19,24-25H,2-10,13H2,1H3. The maximum atomic E-state index is 9.40. The zero-order valence-electron chi connectivity index (χ0n) is 15.6. The molecule has 0 aromatic heterocycles. The molecule has 0 atom stereocenters. The highest BCUT2D eigenvalue weighted by molar-refractivity contribution is 5.63. The van der Waals surface area contributed by atoms with Gasteiger partial charge >= 0.3 is 0 Å². The van der Waals surface area contributed by atoms with Gasteiger partial charge in [0.05, 0.1) is 0 Å². The van der Waals surface area contributed by atoms with E-state index in [0.29, 0.717) is 5.75 Å². The Morgan fingerprint density at radius 3 is 2.00 bits per heavy atom. The first-order valence-corrected chi connectivity index (χ1v) is 9.93. The van der Waals surface area contributed by atoms with Gasteiger partial charge < -0.3 is 10.4 Å². The molecule has 136 valence electrons. The quantitative estimate of drug-likeness (QED) is 0.316. The molecule has 0 bridgehead atoms. The average molecular weight is 340 g/mol. The first kappa shape index (κ1) is 19.4. The number of hydrogen-bond acceptors (Lipinski definition) is 2. The fourth-order valence-electron chi connectivity index (χ4n) is 3.19. The Morgan fingerprint density at radius 2 is 1.32 bits per heavy atom. The molecular formula is C23H33NO. The van der Waals surface area contributed by atoms with Gasteiger partial charge in [0, 0.05) is 11.4 Å². The lowest BCUT2D eigenvalue weighted by molar-refractivity contribution is 0.475. The van der Waals surface area contributed by atoms with Crippen LogP contribution in [0.3, 0.4) is 0 Å². The number of para-hydroxylation sites is 1. The number of aromatic hydroxyl groups is 1.